The van der Waals surface area contributed by atoms with Crippen molar-refractivity contribution in [3.8, 4) is 5.75 Å². The third-order valence-electron chi connectivity index (χ3n) is 3.15. The second kappa shape index (κ2) is 5.39. The number of ether oxygens (including phenoxy) is 1. The number of hydrogen-bond acceptors (Lipinski definition) is 5. The molecule has 0 amide bonds. The topological polar surface area (TPSA) is 104 Å². The third kappa shape index (κ3) is 2.62. The molecule has 1 aliphatic heterocycles. The highest BCUT2D eigenvalue weighted by molar-refractivity contribution is 7.89. The van der Waals surface area contributed by atoms with E-state index < -0.39 is 22.1 Å². The smallest absolute Gasteiger partial charge is 0.335 e. The SMILES string of the molecule is COc1ccc(C(=O)O)cc1S(=O)(=O)N1CCC(O)C1. The monoisotopic (exact) mass is 301 g/mol. The van der Waals surface area contributed by atoms with Gasteiger partial charge >= 0.3 is 5.97 Å². The van der Waals surface area contributed by atoms with Gasteiger partial charge in [0.25, 0.3) is 0 Å². The molecule has 0 bridgehead atoms. The zero-order valence-corrected chi connectivity index (χ0v) is 11.6. The Hall–Kier alpha value is -1.64. The lowest BCUT2D eigenvalue weighted by Crippen LogP contribution is -2.30. The second-order valence-corrected chi connectivity index (χ2v) is 6.38. The predicted octanol–water partition coefficient (Wildman–Crippen LogP) is 0.149. The number of carboxylic acid groups (broad SMARTS) is 1. The van der Waals surface area contributed by atoms with Gasteiger partial charge in [-0.05, 0) is 24.6 Å². The van der Waals surface area contributed by atoms with Crippen LogP contribution in [0.3, 0.4) is 0 Å². The molecule has 1 fully saturated rings. The van der Waals surface area contributed by atoms with E-state index in [0.717, 1.165) is 10.4 Å². The van der Waals surface area contributed by atoms with Crippen LogP contribution in [0, 0.1) is 0 Å². The Kier molecular flexibility index (Phi) is 3.98. The standard InChI is InChI=1S/C12H15NO6S/c1-19-10-3-2-8(12(15)16)6-11(10)20(17,18)13-5-4-9(14)7-13/h2-3,6,9,14H,4-5,7H2,1H3,(H,15,16). The molecule has 20 heavy (non-hydrogen) atoms. The van der Waals surface area contributed by atoms with E-state index in [0.29, 0.717) is 6.42 Å². The van der Waals surface area contributed by atoms with Gasteiger partial charge in [-0.15, -0.1) is 0 Å². The van der Waals surface area contributed by atoms with Crippen LogP contribution in [0.2, 0.25) is 0 Å². The van der Waals surface area contributed by atoms with Crippen LogP contribution in [0.5, 0.6) is 5.75 Å². The first kappa shape index (κ1) is 14.8. The summed E-state index contributed by atoms with van der Waals surface area (Å²) in [6.07, 6.45) is -0.335. The maximum Gasteiger partial charge on any atom is 0.335 e. The molecule has 1 aliphatic rings. The minimum atomic E-state index is -3.89. The number of aliphatic hydroxyl groups excluding tert-OH is 1. The van der Waals surface area contributed by atoms with Crippen molar-refractivity contribution >= 4 is 16.0 Å². The van der Waals surface area contributed by atoms with Crippen molar-refractivity contribution in [2.24, 2.45) is 0 Å². The molecule has 1 heterocycles. The van der Waals surface area contributed by atoms with Crippen molar-refractivity contribution in [1.82, 2.24) is 4.31 Å². The van der Waals surface area contributed by atoms with Gasteiger partial charge in [-0.1, -0.05) is 0 Å². The van der Waals surface area contributed by atoms with Crippen molar-refractivity contribution < 1.29 is 28.2 Å². The average molecular weight is 301 g/mol. The van der Waals surface area contributed by atoms with E-state index in [1.807, 2.05) is 0 Å². The number of sulfonamides is 1. The maximum atomic E-state index is 12.5. The molecule has 0 aromatic heterocycles. The number of carboxylic acids is 1. The highest BCUT2D eigenvalue weighted by atomic mass is 32.2. The molecule has 2 N–H and O–H groups in total. The van der Waals surface area contributed by atoms with Gasteiger partial charge in [0.05, 0.1) is 18.8 Å². The summed E-state index contributed by atoms with van der Waals surface area (Å²) in [7, 11) is -2.57. The Morgan fingerprint density at radius 3 is 2.65 bits per heavy atom. The van der Waals surface area contributed by atoms with Gasteiger partial charge in [-0.25, -0.2) is 13.2 Å². The number of carbonyl (C=O) groups is 1. The van der Waals surface area contributed by atoms with Crippen LogP contribution >= 0.6 is 0 Å². The Morgan fingerprint density at radius 1 is 1.45 bits per heavy atom. The molecule has 1 unspecified atom stereocenters. The Balaban J connectivity index is 2.49. The van der Waals surface area contributed by atoms with Crippen LogP contribution in [-0.2, 0) is 10.0 Å². The molecule has 0 spiro atoms. The molecule has 7 nitrogen and oxygen atoms in total. The normalized spacial score (nSPS) is 20.0. The van der Waals surface area contributed by atoms with Gasteiger partial charge in [0.2, 0.25) is 10.0 Å². The van der Waals surface area contributed by atoms with Crippen molar-refractivity contribution in [1.29, 1.82) is 0 Å². The first-order valence-electron chi connectivity index (χ1n) is 5.96. The van der Waals surface area contributed by atoms with Crippen LogP contribution in [0.15, 0.2) is 23.1 Å². The Labute approximate surface area is 116 Å². The first-order chi connectivity index (χ1) is 9.36. The van der Waals surface area contributed by atoms with Crippen LogP contribution in [-0.4, -0.2) is 55.2 Å². The largest absolute Gasteiger partial charge is 0.495 e. The first-order valence-corrected chi connectivity index (χ1v) is 7.40. The molecule has 0 saturated carbocycles. The molecule has 1 saturated heterocycles. The van der Waals surface area contributed by atoms with Gasteiger partial charge in [0.15, 0.2) is 0 Å². The van der Waals surface area contributed by atoms with E-state index in [2.05, 4.69) is 0 Å². The summed E-state index contributed by atoms with van der Waals surface area (Å²) >= 11 is 0. The maximum absolute atomic E-state index is 12.5. The summed E-state index contributed by atoms with van der Waals surface area (Å²) in [6, 6.07) is 3.66. The lowest BCUT2D eigenvalue weighted by Gasteiger charge is -2.18. The number of aromatic carboxylic acids is 1. The van der Waals surface area contributed by atoms with Crippen molar-refractivity contribution in [2.45, 2.75) is 17.4 Å². The van der Waals surface area contributed by atoms with E-state index in [1.54, 1.807) is 0 Å². The number of aliphatic hydroxyl groups is 1. The highest BCUT2D eigenvalue weighted by Crippen LogP contribution is 2.29. The molecule has 0 radical (unpaired) electrons. The van der Waals surface area contributed by atoms with E-state index >= 15 is 0 Å². The third-order valence-corrected chi connectivity index (χ3v) is 5.04. The Bertz CT molecular complexity index is 627. The number of benzene rings is 1. The molecule has 8 heteroatoms. The van der Waals surface area contributed by atoms with Crippen LogP contribution < -0.4 is 4.74 Å². The summed E-state index contributed by atoms with van der Waals surface area (Å²) in [4.78, 5) is 10.8. The molecular weight excluding hydrogens is 286 g/mol. The molecule has 1 aromatic rings. The van der Waals surface area contributed by atoms with Gasteiger partial charge in [0, 0.05) is 13.1 Å². The summed E-state index contributed by atoms with van der Waals surface area (Å²) in [5.41, 5.74) is -0.135. The molecule has 110 valence electrons. The van der Waals surface area contributed by atoms with Crippen molar-refractivity contribution in [2.75, 3.05) is 20.2 Å². The quantitative estimate of drug-likeness (QED) is 0.820. The van der Waals surface area contributed by atoms with E-state index in [-0.39, 0.29) is 29.3 Å². The summed E-state index contributed by atoms with van der Waals surface area (Å²) in [6.45, 7) is 0.201. The fraction of sp³-hybridized carbons (Fsp3) is 0.417. The fourth-order valence-electron chi connectivity index (χ4n) is 2.08. The van der Waals surface area contributed by atoms with Gasteiger partial charge in [-0.2, -0.15) is 4.31 Å². The van der Waals surface area contributed by atoms with Crippen molar-refractivity contribution in [3.63, 3.8) is 0 Å². The number of hydrogen-bond donors (Lipinski definition) is 2. The number of rotatable bonds is 4. The summed E-state index contributed by atoms with van der Waals surface area (Å²) in [5.74, 6) is -1.14. The molecule has 1 atom stereocenters. The number of β-amino-alcohol motifs (C(OH)–C–C–N with tert-alkyl or cyclic N) is 1. The highest BCUT2D eigenvalue weighted by Gasteiger charge is 2.34. The second-order valence-electron chi connectivity index (χ2n) is 4.48. The van der Waals surface area contributed by atoms with Crippen LogP contribution in [0.1, 0.15) is 16.8 Å². The van der Waals surface area contributed by atoms with Gasteiger partial charge in [0.1, 0.15) is 10.6 Å². The Morgan fingerprint density at radius 2 is 2.15 bits per heavy atom. The van der Waals surface area contributed by atoms with Gasteiger partial charge < -0.3 is 14.9 Å². The predicted molar refractivity (Wildman–Crippen MR) is 69.3 cm³/mol. The molecule has 2 rings (SSSR count). The van der Waals surface area contributed by atoms with Crippen molar-refractivity contribution in [3.05, 3.63) is 23.8 Å². The lowest BCUT2D eigenvalue weighted by atomic mass is 10.2. The van der Waals surface area contributed by atoms with Gasteiger partial charge in [-0.3, -0.25) is 0 Å². The molecule has 0 aliphatic carbocycles. The lowest BCUT2D eigenvalue weighted by molar-refractivity contribution is 0.0696. The summed E-state index contributed by atoms with van der Waals surface area (Å²) in [5, 5.41) is 18.4. The number of nitrogens with zero attached hydrogens (tertiary/aromatic N) is 1. The van der Waals surface area contributed by atoms with Crippen LogP contribution in [0.4, 0.5) is 0 Å². The van der Waals surface area contributed by atoms with E-state index in [1.165, 1.54) is 19.2 Å². The summed E-state index contributed by atoms with van der Waals surface area (Å²) < 4.78 is 31.1. The molecular formula is C12H15NO6S. The zero-order valence-electron chi connectivity index (χ0n) is 10.8. The minimum absolute atomic E-state index is 0.00276. The van der Waals surface area contributed by atoms with E-state index in [4.69, 9.17) is 9.84 Å². The zero-order chi connectivity index (χ0) is 14.9. The molecule has 1 aromatic carbocycles. The minimum Gasteiger partial charge on any atom is -0.495 e. The number of methoxy groups -OCH3 is 1. The van der Waals surface area contributed by atoms with E-state index in [9.17, 15) is 18.3 Å². The fourth-order valence-corrected chi connectivity index (χ4v) is 3.75. The van der Waals surface area contributed by atoms with Crippen LogP contribution in [0.25, 0.3) is 0 Å². The average Bonchev–Trinajstić information content (AvgIpc) is 2.85.